The van der Waals surface area contributed by atoms with Crippen molar-refractivity contribution in [1.82, 2.24) is 20.9 Å². The van der Waals surface area contributed by atoms with Crippen molar-refractivity contribution in [3.8, 4) is 12.3 Å². The Morgan fingerprint density at radius 3 is 2.00 bits per heavy atom. The molecule has 3 fully saturated rings. The molecule has 0 aromatic rings. The maximum Gasteiger partial charge on any atom is 0.315 e. The number of Topliss-reactive ketones (excluding diaryl/α,β-unsaturated/α-hetero) is 2. The SMILES string of the molecule is C#CCCC(NC(=O)[C@@H]1CC2(CCCC2)C(C)CN1C(=O)[C@@H](NC(=O)NC1(CS(=O)(=O)C(C)(C)C)CCCCC1)C(C)(C)C)C(=O)C(C)=O. The number of likely N-dealkylation sites (tertiary alicyclic amines) is 1. The molecular weight excluding hydrogens is 644 g/mol. The number of terminal acetylenes is 1. The predicted octanol–water partition coefficient (Wildman–Crippen LogP) is 4.47. The summed E-state index contributed by atoms with van der Waals surface area (Å²) in [5.41, 5.74) is -1.89. The van der Waals surface area contributed by atoms with Crippen LogP contribution >= 0.6 is 0 Å². The number of sulfone groups is 1. The summed E-state index contributed by atoms with van der Waals surface area (Å²) < 4.78 is 25.7. The van der Waals surface area contributed by atoms with E-state index in [1.54, 1.807) is 20.8 Å². The monoisotopic (exact) mass is 704 g/mol. The number of ketones is 2. The van der Waals surface area contributed by atoms with Gasteiger partial charge in [0.2, 0.25) is 17.6 Å². The first-order valence-corrected chi connectivity index (χ1v) is 19.6. The van der Waals surface area contributed by atoms with Gasteiger partial charge in [0.05, 0.1) is 22.1 Å². The Bertz CT molecular complexity index is 1410. The fourth-order valence-electron chi connectivity index (χ4n) is 7.91. The third-order valence-electron chi connectivity index (χ3n) is 11.2. The molecule has 1 spiro atoms. The standard InChI is InChI=1S/C37H60N4O7S/c1-10-11-17-27(29(43)26(3)42)38-31(44)28-22-36(18-15-16-19-36)25(2)23-41(28)32(45)30(34(4,5)6)39-33(46)40-37(20-13-12-14-21-37)24-49(47,48)35(7,8)9/h1,25,27-28,30H,11-24H2,2-9H3,(H,38,44)(H2,39,40,46)/t25?,27?,28-,30+/m0/s1. The van der Waals surface area contributed by atoms with E-state index in [2.05, 4.69) is 28.8 Å². The molecule has 4 amide bonds. The molecule has 4 atom stereocenters. The first-order chi connectivity index (χ1) is 22.6. The van der Waals surface area contributed by atoms with E-state index in [1.807, 2.05) is 20.8 Å². The number of amides is 4. The van der Waals surface area contributed by atoms with Crippen molar-refractivity contribution in [2.24, 2.45) is 16.7 Å². The summed E-state index contributed by atoms with van der Waals surface area (Å²) in [5.74, 6) is -0.0259. The lowest BCUT2D eigenvalue weighted by Gasteiger charge is -2.50. The number of hydrogen-bond acceptors (Lipinski definition) is 7. The second-order valence-corrected chi connectivity index (χ2v) is 19.8. The first-order valence-electron chi connectivity index (χ1n) is 18.0. The quantitative estimate of drug-likeness (QED) is 0.212. The number of piperidine rings is 1. The Hall–Kier alpha value is -2.94. The summed E-state index contributed by atoms with van der Waals surface area (Å²) in [6.07, 6.45) is 13.5. The van der Waals surface area contributed by atoms with Crippen LogP contribution in [0.15, 0.2) is 0 Å². The van der Waals surface area contributed by atoms with Crippen LogP contribution in [0, 0.1) is 29.1 Å². The number of hydrogen-bond donors (Lipinski definition) is 3. The number of carbonyl (C=O) groups excluding carboxylic acids is 5. The van der Waals surface area contributed by atoms with Crippen LogP contribution in [-0.2, 0) is 29.0 Å². The van der Waals surface area contributed by atoms with Crippen molar-refractivity contribution in [3.05, 3.63) is 0 Å². The highest BCUT2D eigenvalue weighted by atomic mass is 32.2. The lowest BCUT2D eigenvalue weighted by atomic mass is 9.67. The average Bonchev–Trinajstić information content (AvgIpc) is 3.46. The van der Waals surface area contributed by atoms with Gasteiger partial charge in [-0.25, -0.2) is 13.2 Å². The largest absolute Gasteiger partial charge is 0.344 e. The fourth-order valence-corrected chi connectivity index (χ4v) is 9.43. The molecule has 2 unspecified atom stereocenters. The van der Waals surface area contributed by atoms with Gasteiger partial charge in [-0.15, -0.1) is 12.3 Å². The molecule has 0 aromatic heterocycles. The molecule has 2 saturated carbocycles. The molecule has 12 heteroatoms. The molecule has 3 rings (SSSR count). The van der Waals surface area contributed by atoms with Crippen molar-refractivity contribution in [2.45, 2.75) is 161 Å². The molecule has 3 aliphatic rings. The fraction of sp³-hybridized carbons (Fsp3) is 0.811. The van der Waals surface area contributed by atoms with E-state index in [1.165, 1.54) is 4.90 Å². The normalized spacial score (nSPS) is 23.5. The third kappa shape index (κ3) is 9.65. The Balaban J connectivity index is 1.94. The van der Waals surface area contributed by atoms with E-state index < -0.39 is 73.1 Å². The molecule has 11 nitrogen and oxygen atoms in total. The first kappa shape index (κ1) is 40.5. The van der Waals surface area contributed by atoms with Gasteiger partial charge in [0.25, 0.3) is 0 Å². The van der Waals surface area contributed by atoms with E-state index in [-0.39, 0.29) is 36.5 Å². The van der Waals surface area contributed by atoms with Gasteiger partial charge in [0, 0.05) is 19.9 Å². The molecule has 0 bridgehead atoms. The van der Waals surface area contributed by atoms with E-state index in [0.717, 1.165) is 51.9 Å². The van der Waals surface area contributed by atoms with Crippen LogP contribution in [0.1, 0.15) is 132 Å². The summed E-state index contributed by atoms with van der Waals surface area (Å²) >= 11 is 0. The highest BCUT2D eigenvalue weighted by Gasteiger charge is 2.52. The smallest absolute Gasteiger partial charge is 0.315 e. The zero-order chi connectivity index (χ0) is 37.0. The lowest BCUT2D eigenvalue weighted by Crippen LogP contribution is -2.66. The van der Waals surface area contributed by atoms with Crippen LogP contribution < -0.4 is 16.0 Å². The van der Waals surface area contributed by atoms with Crippen LogP contribution in [-0.4, -0.2) is 83.4 Å². The van der Waals surface area contributed by atoms with Crippen LogP contribution in [0.5, 0.6) is 0 Å². The summed E-state index contributed by atoms with van der Waals surface area (Å²) in [6, 6.07) is -3.70. The number of nitrogens with one attached hydrogen (secondary N) is 3. The minimum absolute atomic E-state index is 0.0849. The molecule has 0 aromatic carbocycles. The van der Waals surface area contributed by atoms with Gasteiger partial charge in [-0.05, 0) is 76.0 Å². The van der Waals surface area contributed by atoms with Gasteiger partial charge in [-0.2, -0.15) is 0 Å². The topological polar surface area (TPSA) is 159 Å². The number of rotatable bonds is 11. The zero-order valence-electron chi connectivity index (χ0n) is 31.0. The Labute approximate surface area is 294 Å². The van der Waals surface area contributed by atoms with Gasteiger partial charge in [0.15, 0.2) is 15.6 Å². The van der Waals surface area contributed by atoms with E-state index >= 15 is 0 Å². The summed E-state index contributed by atoms with van der Waals surface area (Å²) in [4.78, 5) is 68.9. The highest BCUT2D eigenvalue weighted by molar-refractivity contribution is 7.92. The van der Waals surface area contributed by atoms with E-state index in [4.69, 9.17) is 6.42 Å². The van der Waals surface area contributed by atoms with Crippen molar-refractivity contribution in [3.63, 3.8) is 0 Å². The maximum absolute atomic E-state index is 14.6. The Morgan fingerprint density at radius 1 is 0.918 bits per heavy atom. The van der Waals surface area contributed by atoms with Gasteiger partial charge in [-0.1, -0.05) is 59.8 Å². The lowest BCUT2D eigenvalue weighted by molar-refractivity contribution is -0.152. The summed E-state index contributed by atoms with van der Waals surface area (Å²) in [7, 11) is -3.57. The van der Waals surface area contributed by atoms with Crippen LogP contribution in [0.4, 0.5) is 4.79 Å². The second-order valence-electron chi connectivity index (χ2n) is 17.0. The molecule has 49 heavy (non-hydrogen) atoms. The van der Waals surface area contributed by atoms with Gasteiger partial charge in [-0.3, -0.25) is 19.2 Å². The zero-order valence-corrected chi connectivity index (χ0v) is 31.8. The highest BCUT2D eigenvalue weighted by Crippen LogP contribution is 2.51. The number of nitrogens with zero attached hydrogens (tertiary/aromatic N) is 1. The molecule has 3 N–H and O–H groups in total. The van der Waals surface area contributed by atoms with Gasteiger partial charge < -0.3 is 20.9 Å². The van der Waals surface area contributed by atoms with E-state index in [0.29, 0.717) is 19.3 Å². The van der Waals surface area contributed by atoms with Gasteiger partial charge >= 0.3 is 6.03 Å². The van der Waals surface area contributed by atoms with Gasteiger partial charge in [0.1, 0.15) is 12.1 Å². The van der Waals surface area contributed by atoms with E-state index in [9.17, 15) is 32.4 Å². The van der Waals surface area contributed by atoms with Crippen molar-refractivity contribution < 1.29 is 32.4 Å². The molecule has 1 aliphatic heterocycles. The molecule has 1 saturated heterocycles. The summed E-state index contributed by atoms with van der Waals surface area (Å²) in [5, 5.41) is 8.67. The number of carbonyl (C=O) groups is 5. The Kier molecular flexibility index (Phi) is 12.8. The van der Waals surface area contributed by atoms with Crippen LogP contribution in [0.3, 0.4) is 0 Å². The van der Waals surface area contributed by atoms with Crippen LogP contribution in [0.2, 0.25) is 0 Å². The minimum atomic E-state index is -3.57. The van der Waals surface area contributed by atoms with Crippen LogP contribution in [0.25, 0.3) is 0 Å². The van der Waals surface area contributed by atoms with Crippen molar-refractivity contribution in [1.29, 1.82) is 0 Å². The molecule has 0 radical (unpaired) electrons. The molecule has 2 aliphatic carbocycles. The molecular formula is C37H60N4O7S. The van der Waals surface area contributed by atoms with Crippen molar-refractivity contribution >= 4 is 39.2 Å². The predicted molar refractivity (Wildman–Crippen MR) is 190 cm³/mol. The third-order valence-corrected chi connectivity index (χ3v) is 14.0. The van der Waals surface area contributed by atoms with Crippen molar-refractivity contribution in [2.75, 3.05) is 12.3 Å². The molecule has 1 heterocycles. The average molecular weight is 705 g/mol. The molecule has 276 valence electrons. The minimum Gasteiger partial charge on any atom is -0.344 e. The maximum atomic E-state index is 14.6. The summed E-state index contributed by atoms with van der Waals surface area (Å²) in [6.45, 7) is 14.0. The Morgan fingerprint density at radius 2 is 1.49 bits per heavy atom. The second kappa shape index (κ2) is 15.5. The number of urea groups is 1.